The van der Waals surface area contributed by atoms with E-state index in [4.69, 9.17) is 16.3 Å². The van der Waals surface area contributed by atoms with E-state index in [0.29, 0.717) is 18.6 Å². The number of anilines is 1. The van der Waals surface area contributed by atoms with Crippen molar-refractivity contribution < 1.29 is 4.74 Å². The molecule has 19 heavy (non-hydrogen) atoms. The summed E-state index contributed by atoms with van der Waals surface area (Å²) in [5.74, 6) is 1.45. The Hall–Kier alpha value is -1.10. The van der Waals surface area contributed by atoms with E-state index in [-0.39, 0.29) is 5.28 Å². The average molecular weight is 285 g/mol. The first-order valence-corrected chi connectivity index (χ1v) is 7.40. The normalized spacial score (nSPS) is 20.2. The molecule has 1 unspecified atom stereocenters. The van der Waals surface area contributed by atoms with Crippen LogP contribution in [0.15, 0.2) is 0 Å². The van der Waals surface area contributed by atoms with Crippen LogP contribution in [0.4, 0.5) is 5.95 Å². The lowest BCUT2D eigenvalue weighted by atomic mass is 9.98. The molecule has 1 aliphatic rings. The van der Waals surface area contributed by atoms with Crippen LogP contribution in [-0.4, -0.2) is 34.6 Å². The molecule has 0 N–H and O–H groups in total. The predicted octanol–water partition coefficient (Wildman–Crippen LogP) is 2.94. The zero-order valence-electron chi connectivity index (χ0n) is 11.6. The van der Waals surface area contributed by atoms with Crippen LogP contribution in [0.2, 0.25) is 5.28 Å². The van der Waals surface area contributed by atoms with Crippen LogP contribution in [0, 0.1) is 5.92 Å². The van der Waals surface area contributed by atoms with Crippen molar-refractivity contribution in [3.05, 3.63) is 5.28 Å². The second-order valence-corrected chi connectivity index (χ2v) is 5.15. The monoisotopic (exact) mass is 284 g/mol. The van der Waals surface area contributed by atoms with Crippen LogP contribution in [-0.2, 0) is 0 Å². The first kappa shape index (κ1) is 14.3. The van der Waals surface area contributed by atoms with E-state index in [0.717, 1.165) is 19.0 Å². The quantitative estimate of drug-likeness (QED) is 0.851. The summed E-state index contributed by atoms with van der Waals surface area (Å²) in [6.45, 7) is 6.63. The largest absolute Gasteiger partial charge is 0.464 e. The van der Waals surface area contributed by atoms with E-state index in [9.17, 15) is 0 Å². The van der Waals surface area contributed by atoms with Gasteiger partial charge in [0.15, 0.2) is 0 Å². The van der Waals surface area contributed by atoms with Crippen molar-refractivity contribution in [2.24, 2.45) is 5.92 Å². The number of hydrogen-bond donors (Lipinski definition) is 0. The number of ether oxygens (including phenoxy) is 1. The second-order valence-electron chi connectivity index (χ2n) is 4.81. The van der Waals surface area contributed by atoms with Gasteiger partial charge >= 0.3 is 6.01 Å². The highest BCUT2D eigenvalue weighted by Gasteiger charge is 2.19. The van der Waals surface area contributed by atoms with Gasteiger partial charge in [-0.2, -0.15) is 15.0 Å². The lowest BCUT2D eigenvalue weighted by Crippen LogP contribution is -2.26. The Balaban J connectivity index is 2.12. The molecule has 0 amide bonds. The number of rotatable bonds is 4. The summed E-state index contributed by atoms with van der Waals surface area (Å²) < 4.78 is 5.32. The summed E-state index contributed by atoms with van der Waals surface area (Å²) in [5, 5.41) is 0.199. The molecule has 0 radical (unpaired) electrons. The van der Waals surface area contributed by atoms with Crippen molar-refractivity contribution in [2.75, 3.05) is 24.6 Å². The van der Waals surface area contributed by atoms with E-state index >= 15 is 0 Å². The van der Waals surface area contributed by atoms with Crippen molar-refractivity contribution in [3.63, 3.8) is 0 Å². The molecule has 106 valence electrons. The fourth-order valence-electron chi connectivity index (χ4n) is 2.43. The summed E-state index contributed by atoms with van der Waals surface area (Å²) in [4.78, 5) is 14.7. The minimum absolute atomic E-state index is 0.199. The molecule has 2 rings (SSSR count). The summed E-state index contributed by atoms with van der Waals surface area (Å²) in [6, 6.07) is 0.314. The van der Waals surface area contributed by atoms with Crippen molar-refractivity contribution >= 4 is 17.5 Å². The number of nitrogens with zero attached hydrogens (tertiary/aromatic N) is 4. The molecular formula is C13H21ClN4O. The maximum Gasteiger partial charge on any atom is 0.322 e. The summed E-state index contributed by atoms with van der Waals surface area (Å²) in [6.07, 6.45) is 4.88. The van der Waals surface area contributed by atoms with E-state index in [2.05, 4.69) is 26.8 Å². The van der Waals surface area contributed by atoms with Crippen molar-refractivity contribution in [1.29, 1.82) is 0 Å². The van der Waals surface area contributed by atoms with Crippen LogP contribution in [0.25, 0.3) is 0 Å². The highest BCUT2D eigenvalue weighted by Crippen LogP contribution is 2.23. The fourth-order valence-corrected chi connectivity index (χ4v) is 2.58. The Morgan fingerprint density at radius 2 is 2.05 bits per heavy atom. The Labute approximate surface area is 119 Å². The molecule has 5 nitrogen and oxygen atoms in total. The van der Waals surface area contributed by atoms with Gasteiger partial charge in [-0.25, -0.2) is 0 Å². The molecule has 1 aromatic rings. The first-order chi connectivity index (χ1) is 9.22. The van der Waals surface area contributed by atoms with Gasteiger partial charge in [0, 0.05) is 13.1 Å². The van der Waals surface area contributed by atoms with E-state index in [1.54, 1.807) is 0 Å². The van der Waals surface area contributed by atoms with Gasteiger partial charge in [0.25, 0.3) is 0 Å². The van der Waals surface area contributed by atoms with Crippen LogP contribution in [0.1, 0.15) is 39.5 Å². The van der Waals surface area contributed by atoms with E-state index in [1.807, 2.05) is 6.92 Å². The molecular weight excluding hydrogens is 264 g/mol. The molecule has 0 aliphatic carbocycles. The highest BCUT2D eigenvalue weighted by atomic mass is 35.5. The van der Waals surface area contributed by atoms with Gasteiger partial charge in [0.2, 0.25) is 11.2 Å². The van der Waals surface area contributed by atoms with Crippen LogP contribution >= 0.6 is 11.6 Å². The number of hydrogen-bond acceptors (Lipinski definition) is 5. The second kappa shape index (κ2) is 6.89. The average Bonchev–Trinajstić information content (AvgIpc) is 2.63. The fraction of sp³-hybridized carbons (Fsp3) is 0.769. The number of halogens is 1. The maximum absolute atomic E-state index is 5.93. The molecule has 6 heteroatoms. The van der Waals surface area contributed by atoms with E-state index in [1.165, 1.54) is 25.7 Å². The lowest BCUT2D eigenvalue weighted by Gasteiger charge is -2.20. The number of aromatic nitrogens is 3. The summed E-state index contributed by atoms with van der Waals surface area (Å²) in [5.41, 5.74) is 0. The molecule has 0 saturated carbocycles. The van der Waals surface area contributed by atoms with Crippen molar-refractivity contribution in [3.8, 4) is 6.01 Å². The zero-order chi connectivity index (χ0) is 13.7. The van der Waals surface area contributed by atoms with Crippen LogP contribution < -0.4 is 9.64 Å². The lowest BCUT2D eigenvalue weighted by molar-refractivity contribution is 0.311. The molecule has 0 spiro atoms. The Morgan fingerprint density at radius 1 is 1.21 bits per heavy atom. The van der Waals surface area contributed by atoms with Gasteiger partial charge in [-0.3, -0.25) is 0 Å². The van der Waals surface area contributed by atoms with Gasteiger partial charge in [0.1, 0.15) is 0 Å². The van der Waals surface area contributed by atoms with Crippen molar-refractivity contribution in [1.82, 2.24) is 15.0 Å². The van der Waals surface area contributed by atoms with Gasteiger partial charge in [-0.15, -0.1) is 0 Å². The molecule has 1 aliphatic heterocycles. The first-order valence-electron chi connectivity index (χ1n) is 7.02. The highest BCUT2D eigenvalue weighted by molar-refractivity contribution is 6.28. The third kappa shape index (κ3) is 3.93. The standard InChI is InChI=1S/C13H21ClN4O/c1-3-10-6-5-8-18(9-7-10)12-15-11(14)16-13(17-12)19-4-2/h10H,3-9H2,1-2H3. The van der Waals surface area contributed by atoms with Gasteiger partial charge < -0.3 is 9.64 Å². The van der Waals surface area contributed by atoms with Gasteiger partial charge in [-0.1, -0.05) is 13.3 Å². The van der Waals surface area contributed by atoms with Crippen LogP contribution in [0.3, 0.4) is 0 Å². The Morgan fingerprint density at radius 3 is 2.79 bits per heavy atom. The molecule has 1 atom stereocenters. The van der Waals surface area contributed by atoms with E-state index < -0.39 is 0 Å². The molecule has 0 bridgehead atoms. The Kier molecular flexibility index (Phi) is 5.19. The van der Waals surface area contributed by atoms with Crippen molar-refractivity contribution in [2.45, 2.75) is 39.5 Å². The predicted molar refractivity (Wildman–Crippen MR) is 75.9 cm³/mol. The topological polar surface area (TPSA) is 51.1 Å². The zero-order valence-corrected chi connectivity index (χ0v) is 12.4. The summed E-state index contributed by atoms with van der Waals surface area (Å²) >= 11 is 5.93. The maximum atomic E-state index is 5.93. The smallest absolute Gasteiger partial charge is 0.322 e. The third-order valence-electron chi connectivity index (χ3n) is 3.56. The third-order valence-corrected chi connectivity index (χ3v) is 3.73. The SMILES string of the molecule is CCOc1nc(Cl)nc(N2CCCC(CC)CC2)n1. The van der Waals surface area contributed by atoms with Gasteiger partial charge in [-0.05, 0) is 43.7 Å². The molecule has 2 heterocycles. The van der Waals surface area contributed by atoms with Gasteiger partial charge in [0.05, 0.1) is 6.61 Å². The minimum atomic E-state index is 0.199. The Bertz CT molecular complexity index is 416. The molecule has 1 aromatic heterocycles. The summed E-state index contributed by atoms with van der Waals surface area (Å²) in [7, 11) is 0. The molecule has 1 fully saturated rings. The molecule has 0 aromatic carbocycles. The van der Waals surface area contributed by atoms with Crippen LogP contribution in [0.5, 0.6) is 6.01 Å². The minimum Gasteiger partial charge on any atom is -0.464 e. The molecule has 1 saturated heterocycles.